The maximum Gasteiger partial charge on any atom is 0.301 e. The lowest BCUT2D eigenvalue weighted by atomic mass is 9.95. The van der Waals surface area contributed by atoms with E-state index in [2.05, 4.69) is 17.1 Å². The normalized spacial score (nSPS) is 15.7. The van der Waals surface area contributed by atoms with Gasteiger partial charge in [0.25, 0.3) is 5.78 Å². The van der Waals surface area contributed by atoms with E-state index in [0.717, 1.165) is 24.8 Å². The van der Waals surface area contributed by atoms with Gasteiger partial charge in [-0.25, -0.2) is 0 Å². The summed E-state index contributed by atoms with van der Waals surface area (Å²) in [6.07, 6.45) is 2.70. The van der Waals surface area contributed by atoms with Gasteiger partial charge in [-0.3, -0.25) is 14.5 Å². The zero-order valence-corrected chi connectivity index (χ0v) is 28.8. The molecule has 1 N–H and O–H groups in total. The molecule has 1 aliphatic rings. The Kier molecular flexibility index (Phi) is 11.8. The van der Waals surface area contributed by atoms with E-state index >= 15 is 0 Å². The molecule has 0 saturated carbocycles. The van der Waals surface area contributed by atoms with Crippen molar-refractivity contribution in [3.05, 3.63) is 94.0 Å². The van der Waals surface area contributed by atoms with Crippen LogP contribution < -0.4 is 19.1 Å². The molecule has 1 fully saturated rings. The van der Waals surface area contributed by atoms with Gasteiger partial charge in [-0.05, 0) is 73.4 Å². The lowest BCUT2D eigenvalue weighted by Gasteiger charge is -2.23. The van der Waals surface area contributed by atoms with Crippen molar-refractivity contribution >= 4 is 57.3 Å². The van der Waals surface area contributed by atoms with Crippen LogP contribution in [0.2, 0.25) is 5.02 Å². The van der Waals surface area contributed by atoms with Crippen molar-refractivity contribution in [1.29, 1.82) is 0 Å². The van der Waals surface area contributed by atoms with Crippen molar-refractivity contribution < 1.29 is 28.9 Å². The van der Waals surface area contributed by atoms with E-state index < -0.39 is 17.7 Å². The van der Waals surface area contributed by atoms with Crippen LogP contribution in [-0.4, -0.2) is 46.8 Å². The lowest BCUT2D eigenvalue weighted by Crippen LogP contribution is -2.29. The number of hydrogen-bond donors (Lipinski definition) is 1. The van der Waals surface area contributed by atoms with E-state index in [0.29, 0.717) is 63.3 Å². The molecule has 1 saturated heterocycles. The zero-order valence-electron chi connectivity index (χ0n) is 26.4. The number of amides is 1. The topological polar surface area (TPSA) is 111 Å². The van der Waals surface area contributed by atoms with Gasteiger partial charge in [0.05, 0.1) is 31.4 Å². The molecule has 246 valence electrons. The highest BCUT2D eigenvalue weighted by atomic mass is 35.5. The molecule has 2 heterocycles. The van der Waals surface area contributed by atoms with Gasteiger partial charge in [-0.2, -0.15) is 0 Å². The molecule has 1 aliphatic heterocycles. The van der Waals surface area contributed by atoms with E-state index in [-0.39, 0.29) is 16.5 Å². The second kappa shape index (κ2) is 16.2. The highest BCUT2D eigenvalue weighted by Crippen LogP contribution is 2.46. The van der Waals surface area contributed by atoms with Crippen LogP contribution >= 0.6 is 34.7 Å². The maximum atomic E-state index is 13.8. The number of Topliss-reactive ketones (excluding diaryl/α,β-unsaturated/α-hetero) is 1. The van der Waals surface area contributed by atoms with Gasteiger partial charge < -0.3 is 19.3 Å². The molecule has 1 unspecified atom stereocenters. The second-order valence-electron chi connectivity index (χ2n) is 10.6. The Bertz CT molecular complexity index is 1740. The highest BCUT2D eigenvalue weighted by molar-refractivity contribution is 8.00. The number of aromatic nitrogens is 2. The SMILES string of the molecule is CCCCOc1ccc(C2C(=C(O)c3ccc(OCCC)cc3)C(=O)C(=O)N2c2nnc(SCc3ccccc3Cl)s2)cc1OCC. The van der Waals surface area contributed by atoms with Crippen LogP contribution in [0.4, 0.5) is 5.13 Å². The third-order valence-electron chi connectivity index (χ3n) is 7.29. The summed E-state index contributed by atoms with van der Waals surface area (Å²) in [7, 11) is 0. The third-order valence-corrected chi connectivity index (χ3v) is 9.77. The summed E-state index contributed by atoms with van der Waals surface area (Å²) >= 11 is 8.95. The monoisotopic (exact) mass is 693 g/mol. The predicted octanol–water partition coefficient (Wildman–Crippen LogP) is 8.48. The molecule has 0 aliphatic carbocycles. The summed E-state index contributed by atoms with van der Waals surface area (Å²) in [6.45, 7) is 7.41. The van der Waals surface area contributed by atoms with E-state index in [1.807, 2.05) is 38.1 Å². The molecule has 12 heteroatoms. The molecule has 4 aromatic rings. The van der Waals surface area contributed by atoms with Crippen LogP contribution in [0.25, 0.3) is 5.76 Å². The van der Waals surface area contributed by atoms with Crippen LogP contribution in [0, 0.1) is 0 Å². The number of unbranched alkanes of at least 4 members (excludes halogenated alkanes) is 1. The molecule has 1 amide bonds. The first-order valence-corrected chi connectivity index (χ1v) is 17.7. The number of hydrogen-bond acceptors (Lipinski definition) is 10. The number of carbonyl (C=O) groups excluding carboxylic acids is 2. The average Bonchev–Trinajstić information content (AvgIpc) is 3.65. The molecule has 3 aromatic carbocycles. The van der Waals surface area contributed by atoms with Gasteiger partial charge in [0, 0.05) is 16.3 Å². The molecule has 9 nitrogen and oxygen atoms in total. The first-order valence-electron chi connectivity index (χ1n) is 15.5. The predicted molar refractivity (Wildman–Crippen MR) is 186 cm³/mol. The Labute approximate surface area is 287 Å². The number of halogens is 1. The van der Waals surface area contributed by atoms with Crippen LogP contribution in [0.5, 0.6) is 17.2 Å². The quantitative estimate of drug-likeness (QED) is 0.0327. The van der Waals surface area contributed by atoms with Crippen molar-refractivity contribution in [2.75, 3.05) is 24.7 Å². The fourth-order valence-electron chi connectivity index (χ4n) is 4.95. The van der Waals surface area contributed by atoms with Crippen LogP contribution in [0.1, 0.15) is 62.8 Å². The summed E-state index contributed by atoms with van der Waals surface area (Å²) in [4.78, 5) is 28.8. The molecule has 47 heavy (non-hydrogen) atoms. The maximum absolute atomic E-state index is 13.8. The Hall–Kier alpha value is -4.06. The largest absolute Gasteiger partial charge is 0.507 e. The molecule has 5 rings (SSSR count). The first kappa shape index (κ1) is 34.3. The van der Waals surface area contributed by atoms with E-state index in [1.54, 1.807) is 42.5 Å². The van der Waals surface area contributed by atoms with E-state index in [1.165, 1.54) is 28.0 Å². The van der Waals surface area contributed by atoms with Crippen molar-refractivity contribution in [3.8, 4) is 17.2 Å². The summed E-state index contributed by atoms with van der Waals surface area (Å²) in [5, 5.41) is 21.1. The number of carbonyl (C=O) groups is 2. The molecule has 0 bridgehead atoms. The Morgan fingerprint density at radius 1 is 0.936 bits per heavy atom. The van der Waals surface area contributed by atoms with Gasteiger partial charge in [-0.1, -0.05) is 79.2 Å². The second-order valence-corrected chi connectivity index (χ2v) is 13.2. The van der Waals surface area contributed by atoms with Crippen molar-refractivity contribution in [2.24, 2.45) is 0 Å². The third kappa shape index (κ3) is 7.91. The van der Waals surface area contributed by atoms with E-state index in [4.69, 9.17) is 25.8 Å². The molecule has 1 atom stereocenters. The molecular formula is C35H36ClN3O6S2. The number of aliphatic hydroxyl groups is 1. The number of nitrogens with zero attached hydrogens (tertiary/aromatic N) is 3. The number of thioether (sulfide) groups is 1. The molecular weight excluding hydrogens is 658 g/mol. The standard InChI is InChI=1S/C35H36ClN3O6S2/c1-4-7-19-45-27-17-14-23(20-28(27)43-6-3)30-29(31(40)22-12-15-25(16-13-22)44-18-5-2)32(41)33(42)39(30)34-37-38-35(47-34)46-21-24-10-8-9-11-26(24)36/h8-17,20,30,40H,4-7,18-19,21H2,1-3H3. The molecule has 1 aromatic heterocycles. The van der Waals surface area contributed by atoms with Crippen molar-refractivity contribution in [2.45, 2.75) is 56.2 Å². The number of anilines is 1. The van der Waals surface area contributed by atoms with Crippen molar-refractivity contribution in [3.63, 3.8) is 0 Å². The Morgan fingerprint density at radius 2 is 1.72 bits per heavy atom. The lowest BCUT2D eigenvalue weighted by molar-refractivity contribution is -0.132. The fraction of sp³-hybridized carbons (Fsp3) is 0.314. The summed E-state index contributed by atoms with van der Waals surface area (Å²) in [5.41, 5.74) is 1.78. The summed E-state index contributed by atoms with van der Waals surface area (Å²) < 4.78 is 18.2. The van der Waals surface area contributed by atoms with Crippen LogP contribution in [0.3, 0.4) is 0 Å². The first-order chi connectivity index (χ1) is 22.9. The number of ether oxygens (including phenoxy) is 3. The Morgan fingerprint density at radius 3 is 2.45 bits per heavy atom. The zero-order chi connectivity index (χ0) is 33.3. The summed E-state index contributed by atoms with van der Waals surface area (Å²) in [6, 6.07) is 18.6. The van der Waals surface area contributed by atoms with Gasteiger partial charge in [0.15, 0.2) is 15.8 Å². The number of benzene rings is 3. The number of aliphatic hydroxyl groups excluding tert-OH is 1. The smallest absolute Gasteiger partial charge is 0.301 e. The minimum atomic E-state index is -1.01. The Balaban J connectivity index is 1.56. The molecule has 0 spiro atoms. The number of rotatable bonds is 15. The van der Waals surface area contributed by atoms with Gasteiger partial charge in [0.1, 0.15) is 11.5 Å². The minimum Gasteiger partial charge on any atom is -0.507 e. The van der Waals surface area contributed by atoms with Gasteiger partial charge in [0.2, 0.25) is 5.13 Å². The van der Waals surface area contributed by atoms with Crippen molar-refractivity contribution in [1.82, 2.24) is 10.2 Å². The minimum absolute atomic E-state index is 0.0696. The van der Waals surface area contributed by atoms with E-state index in [9.17, 15) is 14.7 Å². The van der Waals surface area contributed by atoms with Gasteiger partial charge >= 0.3 is 5.91 Å². The number of ketones is 1. The molecule has 0 radical (unpaired) electrons. The van der Waals surface area contributed by atoms with Crippen LogP contribution in [0.15, 0.2) is 76.6 Å². The highest BCUT2D eigenvalue weighted by Gasteiger charge is 2.48. The van der Waals surface area contributed by atoms with Crippen LogP contribution in [-0.2, 0) is 15.3 Å². The summed E-state index contributed by atoms with van der Waals surface area (Å²) in [5.74, 6) is 0.245. The fourth-order valence-corrected chi connectivity index (χ4v) is 7.10. The van der Waals surface area contributed by atoms with Gasteiger partial charge in [-0.15, -0.1) is 10.2 Å². The average molecular weight is 694 g/mol.